The Balaban J connectivity index is 2.49. The van der Waals surface area contributed by atoms with Gasteiger partial charge in [-0.25, -0.2) is 4.79 Å². The fourth-order valence-corrected chi connectivity index (χ4v) is 2.11. The molecule has 5 nitrogen and oxygen atoms in total. The Kier molecular flexibility index (Phi) is 3.66. The second kappa shape index (κ2) is 5.24. The van der Waals surface area contributed by atoms with Crippen LogP contribution in [0.1, 0.15) is 22.5 Å². The van der Waals surface area contributed by atoms with Crippen LogP contribution in [0, 0.1) is 6.92 Å². The number of hydrogen-bond donors (Lipinski definition) is 1. The van der Waals surface area contributed by atoms with E-state index >= 15 is 0 Å². The number of rotatable bonds is 4. The van der Waals surface area contributed by atoms with Crippen LogP contribution in [0.3, 0.4) is 0 Å². The fourth-order valence-electron chi connectivity index (χ4n) is 2.11. The Bertz CT molecular complexity index is 668. The highest BCUT2D eigenvalue weighted by Crippen LogP contribution is 2.12. The molecule has 2 N–H and O–H groups in total. The molecule has 0 fully saturated rings. The van der Waals surface area contributed by atoms with E-state index in [1.807, 2.05) is 13.0 Å². The van der Waals surface area contributed by atoms with E-state index in [0.29, 0.717) is 24.2 Å². The Morgan fingerprint density at radius 3 is 2.68 bits per heavy atom. The number of carbonyl (C=O) groups is 1. The van der Waals surface area contributed by atoms with Gasteiger partial charge in [-0.15, -0.1) is 0 Å². The third-order valence-corrected chi connectivity index (χ3v) is 3.02. The van der Waals surface area contributed by atoms with Crippen molar-refractivity contribution in [2.24, 2.45) is 12.8 Å². The maximum Gasteiger partial charge on any atom is 0.332 e. The van der Waals surface area contributed by atoms with Gasteiger partial charge in [0.15, 0.2) is 5.78 Å². The smallest absolute Gasteiger partial charge is 0.330 e. The zero-order valence-electron chi connectivity index (χ0n) is 11.1. The second-order valence-corrected chi connectivity index (χ2v) is 4.51. The van der Waals surface area contributed by atoms with Gasteiger partial charge in [-0.1, -0.05) is 12.1 Å². The molecule has 1 aromatic heterocycles. The summed E-state index contributed by atoms with van der Waals surface area (Å²) in [5.41, 5.74) is 7.38. The van der Waals surface area contributed by atoms with Crippen LogP contribution >= 0.6 is 0 Å². The van der Waals surface area contributed by atoms with Crippen LogP contribution in [-0.4, -0.2) is 21.5 Å². The number of Topliss-reactive ketones (excluding diaryl/α,β-unsaturated/α-hetero) is 1. The van der Waals surface area contributed by atoms with Crippen molar-refractivity contribution in [3.8, 4) is 5.69 Å². The zero-order chi connectivity index (χ0) is 14.0. The van der Waals surface area contributed by atoms with E-state index in [4.69, 9.17) is 5.73 Å². The highest BCUT2D eigenvalue weighted by molar-refractivity contribution is 5.96. The summed E-state index contributed by atoms with van der Waals surface area (Å²) < 4.78 is 3.10. The number of benzene rings is 1. The largest absolute Gasteiger partial charge is 0.332 e. The number of ketones is 1. The number of imidazole rings is 1. The minimum Gasteiger partial charge on any atom is -0.330 e. The molecule has 19 heavy (non-hydrogen) atoms. The van der Waals surface area contributed by atoms with Crippen molar-refractivity contribution in [1.82, 2.24) is 9.13 Å². The average Bonchev–Trinajstić information content (AvgIpc) is 2.64. The summed E-state index contributed by atoms with van der Waals surface area (Å²) in [6.07, 6.45) is 2.07. The van der Waals surface area contributed by atoms with Crippen molar-refractivity contribution in [2.45, 2.75) is 13.3 Å². The highest BCUT2D eigenvalue weighted by Gasteiger charge is 2.10. The lowest BCUT2D eigenvalue weighted by atomic mass is 10.1. The molecular formula is C14H17N3O2. The summed E-state index contributed by atoms with van der Waals surface area (Å²) in [7, 11) is 1.70. The van der Waals surface area contributed by atoms with Gasteiger partial charge in [0.2, 0.25) is 0 Å². The predicted molar refractivity (Wildman–Crippen MR) is 73.7 cm³/mol. The number of aromatic nitrogens is 2. The van der Waals surface area contributed by atoms with Gasteiger partial charge in [-0.05, 0) is 25.6 Å². The SMILES string of the molecule is Cc1cn(C)c(=O)n1-c1cccc(C(=O)CCN)c1. The molecule has 0 radical (unpaired) electrons. The number of nitrogens with zero attached hydrogens (tertiary/aromatic N) is 2. The van der Waals surface area contributed by atoms with E-state index < -0.39 is 0 Å². The van der Waals surface area contributed by atoms with Crippen molar-refractivity contribution in [1.29, 1.82) is 0 Å². The van der Waals surface area contributed by atoms with Crippen LogP contribution in [-0.2, 0) is 7.05 Å². The standard InChI is InChI=1S/C14H17N3O2/c1-10-9-16(2)14(19)17(10)12-5-3-4-11(8-12)13(18)6-7-15/h3-5,8-9H,6-7,15H2,1-2H3. The monoisotopic (exact) mass is 259 g/mol. The molecule has 2 rings (SSSR count). The number of aryl methyl sites for hydroxylation is 2. The maximum atomic E-state index is 12.0. The number of nitrogens with two attached hydrogens (primary N) is 1. The second-order valence-electron chi connectivity index (χ2n) is 4.51. The third kappa shape index (κ3) is 2.51. The van der Waals surface area contributed by atoms with Crippen molar-refractivity contribution >= 4 is 5.78 Å². The van der Waals surface area contributed by atoms with E-state index in [9.17, 15) is 9.59 Å². The molecule has 0 aliphatic rings. The Morgan fingerprint density at radius 2 is 2.11 bits per heavy atom. The van der Waals surface area contributed by atoms with Crippen LogP contribution in [0.4, 0.5) is 0 Å². The first kappa shape index (κ1) is 13.3. The van der Waals surface area contributed by atoms with Gasteiger partial charge in [0.05, 0.1) is 5.69 Å². The van der Waals surface area contributed by atoms with Crippen LogP contribution in [0.15, 0.2) is 35.3 Å². The summed E-state index contributed by atoms with van der Waals surface area (Å²) in [5.74, 6) is -0.00835. The van der Waals surface area contributed by atoms with E-state index in [0.717, 1.165) is 5.69 Å². The van der Waals surface area contributed by atoms with Crippen LogP contribution in [0.5, 0.6) is 0 Å². The molecular weight excluding hydrogens is 242 g/mol. The number of carbonyl (C=O) groups excluding carboxylic acids is 1. The molecule has 0 aliphatic carbocycles. The topological polar surface area (TPSA) is 70.0 Å². The molecule has 100 valence electrons. The molecule has 0 saturated heterocycles. The van der Waals surface area contributed by atoms with E-state index in [1.165, 1.54) is 4.57 Å². The van der Waals surface area contributed by atoms with Gasteiger partial charge in [-0.3, -0.25) is 9.36 Å². The quantitative estimate of drug-likeness (QED) is 0.833. The molecule has 5 heteroatoms. The normalized spacial score (nSPS) is 10.7. The fraction of sp³-hybridized carbons (Fsp3) is 0.286. The third-order valence-electron chi connectivity index (χ3n) is 3.02. The molecule has 0 aliphatic heterocycles. The van der Waals surface area contributed by atoms with Crippen molar-refractivity contribution in [2.75, 3.05) is 6.54 Å². The summed E-state index contributed by atoms with van der Waals surface area (Å²) in [6.45, 7) is 2.18. The van der Waals surface area contributed by atoms with E-state index in [-0.39, 0.29) is 11.5 Å². The van der Waals surface area contributed by atoms with Gasteiger partial charge in [0.25, 0.3) is 0 Å². The molecule has 0 bridgehead atoms. The van der Waals surface area contributed by atoms with Crippen molar-refractivity contribution in [3.05, 3.63) is 52.2 Å². The lowest BCUT2D eigenvalue weighted by Gasteiger charge is -2.06. The first-order valence-corrected chi connectivity index (χ1v) is 6.13. The predicted octanol–water partition coefficient (Wildman–Crippen LogP) is 1.02. The molecule has 0 unspecified atom stereocenters. The molecule has 0 amide bonds. The lowest BCUT2D eigenvalue weighted by molar-refractivity contribution is 0.0985. The van der Waals surface area contributed by atoms with Crippen LogP contribution < -0.4 is 11.4 Å². The van der Waals surface area contributed by atoms with Gasteiger partial charge < -0.3 is 10.3 Å². The molecule has 1 aromatic carbocycles. The van der Waals surface area contributed by atoms with Gasteiger partial charge in [0, 0.05) is 30.9 Å². The van der Waals surface area contributed by atoms with Crippen LogP contribution in [0.2, 0.25) is 0 Å². The summed E-state index contributed by atoms with van der Waals surface area (Å²) in [6, 6.07) is 7.06. The average molecular weight is 259 g/mol. The molecule has 0 atom stereocenters. The lowest BCUT2D eigenvalue weighted by Crippen LogP contribution is -2.21. The van der Waals surface area contributed by atoms with Gasteiger partial charge in [0.1, 0.15) is 0 Å². The maximum absolute atomic E-state index is 12.0. The van der Waals surface area contributed by atoms with Crippen molar-refractivity contribution in [3.63, 3.8) is 0 Å². The van der Waals surface area contributed by atoms with E-state index in [1.54, 1.807) is 36.0 Å². The first-order valence-electron chi connectivity index (χ1n) is 6.13. The Hall–Kier alpha value is -2.14. The Morgan fingerprint density at radius 1 is 1.37 bits per heavy atom. The van der Waals surface area contributed by atoms with Crippen molar-refractivity contribution < 1.29 is 4.79 Å². The summed E-state index contributed by atoms with van der Waals surface area (Å²) >= 11 is 0. The van der Waals surface area contributed by atoms with Gasteiger partial charge in [-0.2, -0.15) is 0 Å². The Labute approximate surface area is 111 Å². The summed E-state index contributed by atoms with van der Waals surface area (Å²) in [5, 5.41) is 0. The minimum atomic E-state index is -0.124. The number of hydrogen-bond acceptors (Lipinski definition) is 3. The molecule has 0 saturated carbocycles. The van der Waals surface area contributed by atoms with Crippen LogP contribution in [0.25, 0.3) is 5.69 Å². The molecule has 1 heterocycles. The minimum absolute atomic E-state index is 0.00835. The summed E-state index contributed by atoms with van der Waals surface area (Å²) in [4.78, 5) is 23.8. The molecule has 2 aromatic rings. The van der Waals surface area contributed by atoms with E-state index in [2.05, 4.69) is 0 Å². The molecule has 0 spiro atoms. The zero-order valence-corrected chi connectivity index (χ0v) is 11.1. The highest BCUT2D eigenvalue weighted by atomic mass is 16.1. The van der Waals surface area contributed by atoms with Gasteiger partial charge >= 0.3 is 5.69 Å². The first-order chi connectivity index (χ1) is 9.04.